The highest BCUT2D eigenvalue weighted by atomic mass is 79.9. The highest BCUT2D eigenvalue weighted by Gasteiger charge is 2.22. The number of nitrogens with one attached hydrogen (secondary N) is 2. The molecular formula is C15H19BrClFN2O. The predicted molar refractivity (Wildman–Crippen MR) is 87.1 cm³/mol. The highest BCUT2D eigenvalue weighted by molar-refractivity contribution is 9.10. The fourth-order valence-corrected chi connectivity index (χ4v) is 3.57. The first-order valence-corrected chi connectivity index (χ1v) is 8.29. The zero-order valence-corrected chi connectivity index (χ0v) is 14.2. The molecule has 0 radical (unpaired) electrons. The van der Waals surface area contributed by atoms with Crippen molar-refractivity contribution >= 4 is 39.1 Å². The average Bonchev–Trinajstić information content (AvgIpc) is 2.43. The van der Waals surface area contributed by atoms with E-state index in [1.165, 1.54) is 12.1 Å². The Morgan fingerprint density at radius 3 is 3.00 bits per heavy atom. The molecule has 2 N–H and O–H groups in total. The van der Waals surface area contributed by atoms with Gasteiger partial charge in [0, 0.05) is 10.9 Å². The van der Waals surface area contributed by atoms with E-state index in [0.717, 1.165) is 25.9 Å². The molecule has 2 rings (SSSR count). The summed E-state index contributed by atoms with van der Waals surface area (Å²) < 4.78 is 13.6. The third kappa shape index (κ3) is 4.66. The molecule has 21 heavy (non-hydrogen) atoms. The Hall–Kier alpha value is -0.650. The van der Waals surface area contributed by atoms with E-state index in [-0.39, 0.29) is 10.9 Å². The van der Waals surface area contributed by atoms with Crippen molar-refractivity contribution in [2.45, 2.75) is 26.2 Å². The first kappa shape index (κ1) is 16.7. The Morgan fingerprint density at radius 1 is 1.62 bits per heavy atom. The second-order valence-electron chi connectivity index (χ2n) is 5.58. The molecule has 1 aromatic carbocycles. The summed E-state index contributed by atoms with van der Waals surface area (Å²) in [6, 6.07) is 2.48. The maximum absolute atomic E-state index is 13.2. The van der Waals surface area contributed by atoms with Gasteiger partial charge in [0.05, 0.1) is 10.7 Å². The summed E-state index contributed by atoms with van der Waals surface area (Å²) in [7, 11) is 0. The van der Waals surface area contributed by atoms with Crippen molar-refractivity contribution in [1.29, 1.82) is 0 Å². The van der Waals surface area contributed by atoms with Crippen LogP contribution in [0, 0.1) is 17.7 Å². The molecule has 1 aromatic rings. The largest absolute Gasteiger partial charge is 0.324 e. The molecule has 0 spiro atoms. The van der Waals surface area contributed by atoms with Gasteiger partial charge in [-0.05, 0) is 65.8 Å². The molecule has 0 aliphatic carbocycles. The van der Waals surface area contributed by atoms with E-state index in [1.54, 1.807) is 0 Å². The second kappa shape index (κ2) is 7.56. The van der Waals surface area contributed by atoms with Crippen LogP contribution < -0.4 is 10.6 Å². The number of hydrogen-bond acceptors (Lipinski definition) is 2. The van der Waals surface area contributed by atoms with E-state index in [0.29, 0.717) is 28.4 Å². The molecule has 1 heterocycles. The molecule has 1 aliphatic rings. The Morgan fingerprint density at radius 2 is 2.38 bits per heavy atom. The molecule has 0 saturated carbocycles. The third-order valence-corrected chi connectivity index (χ3v) is 4.84. The fraction of sp³-hybridized carbons (Fsp3) is 0.533. The van der Waals surface area contributed by atoms with Gasteiger partial charge in [-0.2, -0.15) is 0 Å². The summed E-state index contributed by atoms with van der Waals surface area (Å²) >= 11 is 9.19. The van der Waals surface area contributed by atoms with E-state index >= 15 is 0 Å². The van der Waals surface area contributed by atoms with Gasteiger partial charge in [-0.3, -0.25) is 4.79 Å². The van der Waals surface area contributed by atoms with E-state index in [2.05, 4.69) is 33.5 Å². The van der Waals surface area contributed by atoms with Gasteiger partial charge in [-0.15, -0.1) is 0 Å². The smallest absolute Gasteiger partial charge is 0.224 e. The standard InChI is InChI=1S/C15H19BrClFN2O/c1-9(10-3-2-4-19-8-10)5-14(21)20-15-12(16)6-11(18)7-13(15)17/h6-7,9-10,19H,2-5,8H2,1H3,(H,20,21). The number of halogens is 3. The molecule has 1 amide bonds. The van der Waals surface area contributed by atoms with E-state index in [9.17, 15) is 9.18 Å². The van der Waals surface area contributed by atoms with Crippen molar-refractivity contribution in [3.8, 4) is 0 Å². The molecule has 2 atom stereocenters. The summed E-state index contributed by atoms with van der Waals surface area (Å²) in [5, 5.41) is 6.33. The van der Waals surface area contributed by atoms with Crippen molar-refractivity contribution in [3.63, 3.8) is 0 Å². The minimum absolute atomic E-state index is 0.0951. The molecular weight excluding hydrogens is 359 g/mol. The maximum Gasteiger partial charge on any atom is 0.224 e. The number of hydrogen-bond donors (Lipinski definition) is 2. The van der Waals surface area contributed by atoms with Gasteiger partial charge in [0.2, 0.25) is 5.91 Å². The summed E-state index contributed by atoms with van der Waals surface area (Å²) in [5.41, 5.74) is 0.428. The van der Waals surface area contributed by atoms with E-state index < -0.39 is 5.82 Å². The van der Waals surface area contributed by atoms with Crippen LogP contribution in [0.4, 0.5) is 10.1 Å². The number of piperidine rings is 1. The lowest BCUT2D eigenvalue weighted by molar-refractivity contribution is -0.117. The molecule has 0 aromatic heterocycles. The zero-order valence-electron chi connectivity index (χ0n) is 11.9. The minimum atomic E-state index is -0.438. The van der Waals surface area contributed by atoms with Crippen LogP contribution in [0.1, 0.15) is 26.2 Å². The quantitative estimate of drug-likeness (QED) is 0.825. The zero-order chi connectivity index (χ0) is 15.4. The van der Waals surface area contributed by atoms with Crippen LogP contribution in [0.25, 0.3) is 0 Å². The minimum Gasteiger partial charge on any atom is -0.324 e. The van der Waals surface area contributed by atoms with Gasteiger partial charge in [0.1, 0.15) is 5.82 Å². The summed E-state index contributed by atoms with van der Waals surface area (Å²) in [5.74, 6) is 0.293. The summed E-state index contributed by atoms with van der Waals surface area (Å²) in [4.78, 5) is 12.2. The van der Waals surface area contributed by atoms with Crippen LogP contribution in [-0.2, 0) is 4.79 Å². The van der Waals surface area contributed by atoms with E-state index in [4.69, 9.17) is 11.6 Å². The lowest BCUT2D eigenvalue weighted by Crippen LogP contribution is -2.34. The van der Waals surface area contributed by atoms with Crippen LogP contribution in [0.2, 0.25) is 5.02 Å². The van der Waals surface area contributed by atoms with Gasteiger partial charge < -0.3 is 10.6 Å². The van der Waals surface area contributed by atoms with Crippen molar-refractivity contribution in [1.82, 2.24) is 5.32 Å². The maximum atomic E-state index is 13.2. The number of rotatable bonds is 4. The number of carbonyl (C=O) groups is 1. The first-order chi connectivity index (χ1) is 9.97. The van der Waals surface area contributed by atoms with E-state index in [1.807, 2.05) is 0 Å². The lowest BCUT2D eigenvalue weighted by Gasteiger charge is -2.28. The summed E-state index contributed by atoms with van der Waals surface area (Å²) in [6.07, 6.45) is 2.75. The monoisotopic (exact) mass is 376 g/mol. The number of anilines is 1. The van der Waals surface area contributed by atoms with Crippen molar-refractivity contribution in [2.24, 2.45) is 11.8 Å². The van der Waals surface area contributed by atoms with Crippen LogP contribution in [-0.4, -0.2) is 19.0 Å². The lowest BCUT2D eigenvalue weighted by atomic mass is 9.85. The van der Waals surface area contributed by atoms with Gasteiger partial charge in [0.25, 0.3) is 0 Å². The predicted octanol–water partition coefficient (Wildman–Crippen LogP) is 4.21. The first-order valence-electron chi connectivity index (χ1n) is 7.12. The number of amides is 1. The van der Waals surface area contributed by atoms with Crippen molar-refractivity contribution in [3.05, 3.63) is 27.4 Å². The SMILES string of the molecule is CC(CC(=O)Nc1c(Cl)cc(F)cc1Br)C1CCCNC1. The molecule has 0 bridgehead atoms. The molecule has 3 nitrogen and oxygen atoms in total. The van der Waals surface area contributed by atoms with Gasteiger partial charge in [0.15, 0.2) is 0 Å². The molecule has 6 heteroatoms. The topological polar surface area (TPSA) is 41.1 Å². The Labute approximate surface area is 137 Å². The average molecular weight is 378 g/mol. The molecule has 1 saturated heterocycles. The van der Waals surface area contributed by atoms with Crippen molar-refractivity contribution < 1.29 is 9.18 Å². The van der Waals surface area contributed by atoms with Crippen LogP contribution in [0.5, 0.6) is 0 Å². The van der Waals surface area contributed by atoms with Crippen molar-refractivity contribution in [2.75, 3.05) is 18.4 Å². The molecule has 1 fully saturated rings. The van der Waals surface area contributed by atoms with Crippen LogP contribution in [0.15, 0.2) is 16.6 Å². The van der Waals surface area contributed by atoms with Crippen LogP contribution in [0.3, 0.4) is 0 Å². The summed E-state index contributed by atoms with van der Waals surface area (Å²) in [6.45, 7) is 4.13. The number of benzene rings is 1. The van der Waals surface area contributed by atoms with Gasteiger partial charge in [-0.1, -0.05) is 18.5 Å². The normalized spacial score (nSPS) is 20.1. The van der Waals surface area contributed by atoms with Gasteiger partial charge >= 0.3 is 0 Å². The number of carbonyl (C=O) groups excluding carboxylic acids is 1. The Kier molecular flexibility index (Phi) is 6.02. The molecule has 116 valence electrons. The van der Waals surface area contributed by atoms with Gasteiger partial charge in [-0.25, -0.2) is 4.39 Å². The Balaban J connectivity index is 1.95. The molecule has 2 unspecified atom stereocenters. The van der Waals surface area contributed by atoms with Crippen LogP contribution >= 0.6 is 27.5 Å². The highest BCUT2D eigenvalue weighted by Crippen LogP contribution is 2.32. The Bertz CT molecular complexity index is 497. The molecule has 1 aliphatic heterocycles. The third-order valence-electron chi connectivity index (χ3n) is 3.92. The second-order valence-corrected chi connectivity index (χ2v) is 6.84. The fourth-order valence-electron chi connectivity index (χ4n) is 2.68.